The second kappa shape index (κ2) is 11.1. The van der Waals surface area contributed by atoms with Crippen molar-refractivity contribution in [3.8, 4) is 5.75 Å². The van der Waals surface area contributed by atoms with E-state index in [1.807, 2.05) is 36.4 Å². The summed E-state index contributed by atoms with van der Waals surface area (Å²) in [5, 5.41) is 2.80. The Morgan fingerprint density at radius 2 is 1.54 bits per heavy atom. The summed E-state index contributed by atoms with van der Waals surface area (Å²) in [7, 11) is 0. The Balaban J connectivity index is 1.83. The maximum absolute atomic E-state index is 12.3. The van der Waals surface area contributed by atoms with Crippen LogP contribution in [0.25, 0.3) is 0 Å². The van der Waals surface area contributed by atoms with Crippen LogP contribution < -0.4 is 10.1 Å². The molecule has 0 unspecified atom stereocenters. The molecule has 4 heteroatoms. The van der Waals surface area contributed by atoms with Crippen LogP contribution >= 0.6 is 0 Å². The van der Waals surface area contributed by atoms with E-state index in [9.17, 15) is 9.59 Å². The molecule has 0 aliphatic rings. The van der Waals surface area contributed by atoms with Crippen molar-refractivity contribution in [3.63, 3.8) is 0 Å². The molecule has 0 saturated carbocycles. The summed E-state index contributed by atoms with van der Waals surface area (Å²) < 4.78 is 5.45. The van der Waals surface area contributed by atoms with Crippen molar-refractivity contribution in [3.05, 3.63) is 77.4 Å². The number of hydrogen-bond donors (Lipinski definition) is 1. The molecule has 1 N–H and O–H groups in total. The first-order valence-corrected chi connectivity index (χ1v) is 9.83. The van der Waals surface area contributed by atoms with Gasteiger partial charge in [0.25, 0.3) is 0 Å². The van der Waals surface area contributed by atoms with Crippen LogP contribution in [0.15, 0.2) is 60.7 Å². The number of hydrogen-bond acceptors (Lipinski definition) is 3. The number of aryl methyl sites for hydroxylation is 1. The van der Waals surface area contributed by atoms with Crippen molar-refractivity contribution in [1.29, 1.82) is 0 Å². The van der Waals surface area contributed by atoms with E-state index in [2.05, 4.69) is 18.8 Å². The van der Waals surface area contributed by atoms with Crippen LogP contribution in [0.5, 0.6) is 5.75 Å². The number of ether oxygens (including phenoxy) is 1. The average Bonchev–Trinajstić information content (AvgIpc) is 2.70. The van der Waals surface area contributed by atoms with Gasteiger partial charge in [-0.05, 0) is 61.6 Å². The van der Waals surface area contributed by atoms with Gasteiger partial charge >= 0.3 is 5.97 Å². The van der Waals surface area contributed by atoms with E-state index in [0.29, 0.717) is 29.9 Å². The lowest BCUT2D eigenvalue weighted by molar-refractivity contribution is -0.117. The zero-order chi connectivity index (χ0) is 20.4. The molecule has 0 heterocycles. The van der Waals surface area contributed by atoms with Crippen molar-refractivity contribution < 1.29 is 14.3 Å². The van der Waals surface area contributed by atoms with Crippen LogP contribution in [0.2, 0.25) is 0 Å². The van der Waals surface area contributed by atoms with E-state index in [1.165, 1.54) is 24.8 Å². The Hall–Kier alpha value is -2.88. The van der Waals surface area contributed by atoms with Gasteiger partial charge in [-0.25, -0.2) is 4.79 Å². The van der Waals surface area contributed by atoms with Crippen LogP contribution in [-0.4, -0.2) is 18.4 Å². The lowest BCUT2D eigenvalue weighted by Crippen LogP contribution is -2.25. The van der Waals surface area contributed by atoms with Gasteiger partial charge in [-0.3, -0.25) is 4.79 Å². The Kier molecular flexibility index (Phi) is 8.47. The van der Waals surface area contributed by atoms with Gasteiger partial charge in [-0.2, -0.15) is 0 Å². The number of unbranched alkanes of at least 4 members (excludes halogenated alkanes) is 2. The summed E-state index contributed by atoms with van der Waals surface area (Å²) in [6, 6.07) is 15.0. The minimum Gasteiger partial charge on any atom is -0.423 e. The van der Waals surface area contributed by atoms with E-state index >= 15 is 0 Å². The molecule has 0 bridgehead atoms. The van der Waals surface area contributed by atoms with Gasteiger partial charge in [0.1, 0.15) is 5.75 Å². The summed E-state index contributed by atoms with van der Waals surface area (Å²) in [5.41, 5.74) is 3.34. The third-order valence-electron chi connectivity index (χ3n) is 4.48. The van der Waals surface area contributed by atoms with Crippen molar-refractivity contribution in [1.82, 2.24) is 5.32 Å². The molecule has 0 atom stereocenters. The quantitative estimate of drug-likeness (QED) is 0.277. The van der Waals surface area contributed by atoms with Crippen LogP contribution in [0, 0.1) is 0 Å². The summed E-state index contributed by atoms with van der Waals surface area (Å²) in [6.45, 7) is 8.01. The Morgan fingerprint density at radius 3 is 2.14 bits per heavy atom. The standard InChI is InChI=1S/C24H29NO3/c1-4-5-6-7-19-8-12-21(13-9-19)24(27)28-22-14-10-20(11-15-22)16-17-25-23(26)18(2)3/h8-15H,2,4-7,16-17H2,1,3H3,(H,25,26). The number of amides is 1. The predicted molar refractivity (Wildman–Crippen MR) is 113 cm³/mol. The molecule has 0 aromatic heterocycles. The third-order valence-corrected chi connectivity index (χ3v) is 4.48. The average molecular weight is 380 g/mol. The summed E-state index contributed by atoms with van der Waals surface area (Å²) in [5.74, 6) is 0.00950. The van der Waals surface area contributed by atoms with Crippen molar-refractivity contribution in [2.24, 2.45) is 0 Å². The van der Waals surface area contributed by atoms with Gasteiger partial charge in [0.2, 0.25) is 5.91 Å². The lowest BCUT2D eigenvalue weighted by atomic mass is 10.1. The molecule has 2 aromatic rings. The number of carbonyl (C=O) groups excluding carboxylic acids is 2. The Labute approximate surface area is 167 Å². The fourth-order valence-electron chi connectivity index (χ4n) is 2.75. The molecule has 148 valence electrons. The van der Waals surface area contributed by atoms with Crippen LogP contribution in [-0.2, 0) is 17.6 Å². The smallest absolute Gasteiger partial charge is 0.343 e. The molecule has 0 fully saturated rings. The summed E-state index contributed by atoms with van der Waals surface area (Å²) in [6.07, 6.45) is 5.33. The van der Waals surface area contributed by atoms with E-state index < -0.39 is 0 Å². The predicted octanol–water partition coefficient (Wildman–Crippen LogP) is 4.87. The highest BCUT2D eigenvalue weighted by atomic mass is 16.5. The fraction of sp³-hybridized carbons (Fsp3) is 0.333. The minimum absolute atomic E-state index is 0.137. The third kappa shape index (κ3) is 7.03. The number of carbonyl (C=O) groups is 2. The zero-order valence-corrected chi connectivity index (χ0v) is 16.8. The fourth-order valence-corrected chi connectivity index (χ4v) is 2.75. The van der Waals surface area contributed by atoms with Gasteiger partial charge in [0.15, 0.2) is 0 Å². The molecule has 0 saturated heterocycles. The van der Waals surface area contributed by atoms with Crippen LogP contribution in [0.4, 0.5) is 0 Å². The summed E-state index contributed by atoms with van der Waals surface area (Å²) in [4.78, 5) is 23.8. The van der Waals surface area contributed by atoms with Crippen LogP contribution in [0.3, 0.4) is 0 Å². The monoisotopic (exact) mass is 379 g/mol. The zero-order valence-electron chi connectivity index (χ0n) is 16.8. The number of rotatable bonds is 10. The molecule has 0 aliphatic heterocycles. The van der Waals surface area contributed by atoms with Gasteiger partial charge in [-0.15, -0.1) is 0 Å². The molecule has 4 nitrogen and oxygen atoms in total. The van der Waals surface area contributed by atoms with Crippen molar-refractivity contribution in [2.75, 3.05) is 6.54 Å². The van der Waals surface area contributed by atoms with Gasteiger partial charge in [-0.1, -0.05) is 50.6 Å². The van der Waals surface area contributed by atoms with E-state index in [-0.39, 0.29) is 11.9 Å². The molecule has 0 spiro atoms. The summed E-state index contributed by atoms with van der Waals surface area (Å²) >= 11 is 0. The van der Waals surface area contributed by atoms with E-state index in [0.717, 1.165) is 12.0 Å². The number of benzene rings is 2. The Bertz CT molecular complexity index is 792. The normalized spacial score (nSPS) is 10.4. The highest BCUT2D eigenvalue weighted by Crippen LogP contribution is 2.16. The second-order valence-electron chi connectivity index (χ2n) is 6.97. The van der Waals surface area contributed by atoms with Crippen molar-refractivity contribution >= 4 is 11.9 Å². The second-order valence-corrected chi connectivity index (χ2v) is 6.97. The maximum Gasteiger partial charge on any atom is 0.343 e. The molecule has 1 amide bonds. The SMILES string of the molecule is C=C(C)C(=O)NCCc1ccc(OC(=O)c2ccc(CCCCC)cc2)cc1. The maximum atomic E-state index is 12.3. The van der Waals surface area contributed by atoms with Gasteiger partial charge < -0.3 is 10.1 Å². The molecule has 2 aromatic carbocycles. The highest BCUT2D eigenvalue weighted by Gasteiger charge is 2.09. The molecule has 28 heavy (non-hydrogen) atoms. The lowest BCUT2D eigenvalue weighted by Gasteiger charge is -2.08. The topological polar surface area (TPSA) is 55.4 Å². The molecule has 2 rings (SSSR count). The molecule has 0 radical (unpaired) electrons. The first-order valence-electron chi connectivity index (χ1n) is 9.83. The van der Waals surface area contributed by atoms with Gasteiger partial charge in [0.05, 0.1) is 5.56 Å². The Morgan fingerprint density at radius 1 is 0.929 bits per heavy atom. The number of nitrogens with one attached hydrogen (secondary N) is 1. The molecular formula is C24H29NO3. The van der Waals surface area contributed by atoms with Crippen molar-refractivity contribution in [2.45, 2.75) is 46.0 Å². The first-order chi connectivity index (χ1) is 13.5. The first kappa shape index (κ1) is 21.4. The van der Waals surface area contributed by atoms with E-state index in [4.69, 9.17) is 4.74 Å². The van der Waals surface area contributed by atoms with E-state index in [1.54, 1.807) is 19.1 Å². The number of esters is 1. The highest BCUT2D eigenvalue weighted by molar-refractivity contribution is 5.92. The minimum atomic E-state index is -0.360. The largest absolute Gasteiger partial charge is 0.423 e. The molecule has 0 aliphatic carbocycles. The van der Waals surface area contributed by atoms with Crippen LogP contribution in [0.1, 0.15) is 54.6 Å². The molecular weight excluding hydrogens is 350 g/mol. The van der Waals surface area contributed by atoms with Gasteiger partial charge in [0, 0.05) is 12.1 Å².